The third-order valence-electron chi connectivity index (χ3n) is 19.6. The molecule has 0 aromatic carbocycles. The molecule has 32 atom stereocenters. The van der Waals surface area contributed by atoms with Crippen LogP contribution in [0.25, 0.3) is 0 Å². The van der Waals surface area contributed by atoms with Gasteiger partial charge in [0.15, 0.2) is 30.9 Å². The minimum atomic E-state index is -1.71. The highest BCUT2D eigenvalue weighted by Crippen LogP contribution is 2.70. The van der Waals surface area contributed by atoms with E-state index < -0.39 is 159 Å². The van der Waals surface area contributed by atoms with Gasteiger partial charge in [-0.1, -0.05) is 39.3 Å². The van der Waals surface area contributed by atoms with Gasteiger partial charge in [0.1, 0.15) is 85.5 Å². The van der Waals surface area contributed by atoms with Crippen molar-refractivity contribution < 1.29 is 114 Å². The predicted molar refractivity (Wildman–Crippen MR) is 250 cm³/mol. The second kappa shape index (κ2) is 22.0. The fourth-order valence-corrected chi connectivity index (χ4v) is 15.0. The van der Waals surface area contributed by atoms with E-state index in [2.05, 4.69) is 26.8 Å². The van der Waals surface area contributed by atoms with E-state index in [0.29, 0.717) is 19.3 Å². The van der Waals surface area contributed by atoms with Crippen molar-refractivity contribution in [1.29, 1.82) is 0 Å². The monoisotopic (exact) mass is 1060 g/mol. The molecular weight excluding hydrogens is 981 g/mol. The number of hydrogen-bond acceptors (Lipinski definition) is 23. The van der Waals surface area contributed by atoms with Gasteiger partial charge in [-0.05, 0) is 87.4 Å². The van der Waals surface area contributed by atoms with Crippen molar-refractivity contribution >= 4 is 0 Å². The summed E-state index contributed by atoms with van der Waals surface area (Å²) in [6.07, 6.45) is -23.8. The third-order valence-corrected chi connectivity index (χ3v) is 19.6. The maximum absolute atomic E-state index is 12.3. The second-order valence-corrected chi connectivity index (χ2v) is 23.9. The van der Waals surface area contributed by atoms with Gasteiger partial charge in [0.25, 0.3) is 0 Å². The zero-order valence-electron chi connectivity index (χ0n) is 43.0. The largest absolute Gasteiger partial charge is 0.394 e. The Bertz CT molecular complexity index is 1940. The Morgan fingerprint density at radius 3 is 1.77 bits per heavy atom. The van der Waals surface area contributed by atoms with E-state index in [0.717, 1.165) is 31.3 Å². The van der Waals surface area contributed by atoms with Crippen LogP contribution < -0.4 is 0 Å². The summed E-state index contributed by atoms with van der Waals surface area (Å²) in [5.74, 6) is -1.16. The number of aliphatic hydroxyl groups is 14. The van der Waals surface area contributed by atoms with Crippen LogP contribution in [0.5, 0.6) is 0 Å². The zero-order chi connectivity index (χ0) is 53.7. The summed E-state index contributed by atoms with van der Waals surface area (Å²) in [5, 5.41) is 151. The lowest BCUT2D eigenvalue weighted by atomic mass is 9.46. The van der Waals surface area contributed by atoms with Crippen LogP contribution in [-0.4, -0.2) is 238 Å². The molecule has 8 fully saturated rings. The van der Waals surface area contributed by atoms with Gasteiger partial charge >= 0.3 is 0 Å². The summed E-state index contributed by atoms with van der Waals surface area (Å²) in [6.45, 7) is 10.1. The molecule has 5 saturated heterocycles. The van der Waals surface area contributed by atoms with Crippen LogP contribution >= 0.6 is 0 Å². The van der Waals surface area contributed by atoms with Crippen LogP contribution in [0.15, 0.2) is 11.6 Å². The van der Waals surface area contributed by atoms with E-state index in [9.17, 15) is 71.5 Å². The molecule has 426 valence electrons. The number of ether oxygens (including phenoxy) is 9. The SMILES string of the molecule is CC(CC[C@@]1(O)O[C@H]2C[C@H]3[C@@H]4CC=C5C[C@@H](O[C@@H]6O[C@H](CO)[C@@H](O)[C@H](O)[C@H]6O[C@@H]6O[C@@H](C)[C@H](O)[C@@H](O)[C@H]6O)C[C@@H](O)[C@]5(C)[C@H]4CC[C@]3(C)[C@H]2[C@@H]1C)CO[C@@H]1O[C@H](CO)[C@@H](O)[C@H](O)[C@H]1O[C@@H]1O[C@@H](C)[C@H](O)[C@@H](O)[C@H]1O. The lowest BCUT2D eigenvalue weighted by Gasteiger charge is -2.60. The molecule has 0 radical (unpaired) electrons. The average Bonchev–Trinajstić information content (AvgIpc) is 3.81. The molecule has 0 amide bonds. The number of hydrogen-bond donors (Lipinski definition) is 14. The molecule has 0 aromatic rings. The van der Waals surface area contributed by atoms with Crippen LogP contribution in [0.1, 0.15) is 92.9 Å². The molecule has 1 unspecified atom stereocenters. The summed E-state index contributed by atoms with van der Waals surface area (Å²) in [7, 11) is 0. The highest BCUT2D eigenvalue weighted by molar-refractivity contribution is 5.28. The molecule has 9 rings (SSSR count). The second-order valence-electron chi connectivity index (χ2n) is 23.9. The summed E-state index contributed by atoms with van der Waals surface area (Å²) in [5.41, 5.74) is 0.289. The van der Waals surface area contributed by atoms with Gasteiger partial charge in [0.05, 0.1) is 50.3 Å². The van der Waals surface area contributed by atoms with Crippen molar-refractivity contribution in [2.45, 2.75) is 240 Å². The van der Waals surface area contributed by atoms with Crippen LogP contribution in [0.3, 0.4) is 0 Å². The molecule has 74 heavy (non-hydrogen) atoms. The van der Waals surface area contributed by atoms with E-state index in [1.165, 1.54) is 13.8 Å². The van der Waals surface area contributed by atoms with Crippen LogP contribution in [0.2, 0.25) is 0 Å². The van der Waals surface area contributed by atoms with E-state index >= 15 is 0 Å². The standard InChI is InChI=1S/C51H84O23/c1-19(18-66-47-43(39(61)35(57)29(16-52)70-47)72-45-41(63)37(59)33(55)21(3)67-45)9-12-51(65)20(2)32-28(74-51)15-27-25-8-7-23-13-24(14-31(54)50(23,6)26(25)10-11-49(27,32)5)69-48-44(40(62)36(58)30(17-53)71-48)73-46-42(64)38(60)34(56)22(4)68-46/h7,19-22,24-48,52-65H,8-18H2,1-6H3/t19?,20-,21-,22-,24+,25+,26-,27-,28-,29+,30+,31+,32-,33-,34-,35+,36+,37+,38+,39-,40-,41+,42+,43+,44+,45-,46-,47+,48+,49-,50-,51+/m0/s1. The topological polar surface area (TPSA) is 366 Å². The van der Waals surface area contributed by atoms with Gasteiger partial charge in [-0.25, -0.2) is 0 Å². The lowest BCUT2D eigenvalue weighted by Crippen LogP contribution is -2.64. The highest BCUT2D eigenvalue weighted by atomic mass is 16.8. The Morgan fingerprint density at radius 1 is 0.649 bits per heavy atom. The molecule has 14 N–H and O–H groups in total. The summed E-state index contributed by atoms with van der Waals surface area (Å²) in [4.78, 5) is 0. The average molecular weight is 1070 g/mol. The molecule has 0 aromatic heterocycles. The highest BCUT2D eigenvalue weighted by Gasteiger charge is 2.69. The van der Waals surface area contributed by atoms with E-state index in [1.54, 1.807) is 0 Å². The van der Waals surface area contributed by atoms with Gasteiger partial charge in [0, 0.05) is 24.2 Å². The quantitative estimate of drug-likeness (QED) is 0.0771. The van der Waals surface area contributed by atoms with Crippen LogP contribution in [-0.2, 0) is 42.6 Å². The maximum Gasteiger partial charge on any atom is 0.187 e. The van der Waals surface area contributed by atoms with Gasteiger partial charge in [0.2, 0.25) is 0 Å². The smallest absolute Gasteiger partial charge is 0.187 e. The molecule has 9 aliphatic rings. The van der Waals surface area contributed by atoms with Crippen molar-refractivity contribution in [2.24, 2.45) is 46.3 Å². The Hall–Kier alpha value is -1.18. The molecule has 5 heterocycles. The third kappa shape index (κ3) is 10.00. The normalized spacial score (nSPS) is 55.9. The summed E-state index contributed by atoms with van der Waals surface area (Å²) in [6, 6.07) is 0. The van der Waals surface area contributed by atoms with Gasteiger partial charge in [-0.3, -0.25) is 0 Å². The van der Waals surface area contributed by atoms with Gasteiger partial charge < -0.3 is 114 Å². The summed E-state index contributed by atoms with van der Waals surface area (Å²) >= 11 is 0. The molecule has 5 aliphatic heterocycles. The van der Waals surface area contributed by atoms with Gasteiger partial charge in [-0.2, -0.15) is 0 Å². The van der Waals surface area contributed by atoms with Crippen LogP contribution in [0, 0.1) is 46.3 Å². The first-order chi connectivity index (χ1) is 34.9. The first-order valence-corrected chi connectivity index (χ1v) is 26.9. The van der Waals surface area contributed by atoms with E-state index in [1.807, 2.05) is 6.92 Å². The molecule has 23 nitrogen and oxygen atoms in total. The van der Waals surface area contributed by atoms with Crippen molar-refractivity contribution in [3.63, 3.8) is 0 Å². The Kier molecular flexibility index (Phi) is 17.1. The fourth-order valence-electron chi connectivity index (χ4n) is 15.0. The Morgan fingerprint density at radius 2 is 1.20 bits per heavy atom. The van der Waals surface area contributed by atoms with E-state index in [-0.39, 0.29) is 60.1 Å². The first kappa shape index (κ1) is 57.5. The summed E-state index contributed by atoms with van der Waals surface area (Å²) < 4.78 is 54.0. The van der Waals surface area contributed by atoms with Gasteiger partial charge in [-0.15, -0.1) is 0 Å². The Balaban J connectivity index is 0.818. The molecular formula is C51H84O23. The number of rotatable bonds is 14. The van der Waals surface area contributed by atoms with Crippen molar-refractivity contribution in [3.05, 3.63) is 11.6 Å². The first-order valence-electron chi connectivity index (χ1n) is 26.9. The molecule has 0 spiro atoms. The minimum Gasteiger partial charge on any atom is -0.394 e. The molecule has 4 aliphatic carbocycles. The van der Waals surface area contributed by atoms with Crippen molar-refractivity contribution in [2.75, 3.05) is 19.8 Å². The minimum absolute atomic E-state index is 0.0453. The lowest BCUT2D eigenvalue weighted by molar-refractivity contribution is -0.370. The number of aliphatic hydroxyl groups excluding tert-OH is 13. The van der Waals surface area contributed by atoms with Crippen LogP contribution in [0.4, 0.5) is 0 Å². The molecule has 3 saturated carbocycles. The zero-order valence-corrected chi connectivity index (χ0v) is 43.0. The van der Waals surface area contributed by atoms with E-state index in [4.69, 9.17) is 42.6 Å². The Labute approximate surface area is 430 Å². The van der Waals surface area contributed by atoms with Crippen molar-refractivity contribution in [3.8, 4) is 0 Å². The van der Waals surface area contributed by atoms with Crippen molar-refractivity contribution in [1.82, 2.24) is 0 Å². The molecule has 23 heteroatoms. The number of fused-ring (bicyclic) bond motifs is 7. The predicted octanol–water partition coefficient (Wildman–Crippen LogP) is -3.01. The fraction of sp³-hybridized carbons (Fsp3) is 0.961. The molecule has 0 bridgehead atoms. The number of allylic oxidation sites excluding steroid dienone is 1. The maximum atomic E-state index is 12.3.